The second-order valence-electron chi connectivity index (χ2n) is 6.19. The monoisotopic (exact) mass is 417 g/mol. The third kappa shape index (κ3) is 5.30. The Morgan fingerprint density at radius 2 is 2.15 bits per heavy atom. The minimum Gasteiger partial charge on any atom is -0.379 e. The molecule has 1 aliphatic rings. The molecule has 0 unspecified atom stereocenters. The van der Waals surface area contributed by atoms with Crippen molar-refractivity contribution in [3.05, 3.63) is 23.2 Å². The fourth-order valence-electron chi connectivity index (χ4n) is 2.97. The lowest BCUT2D eigenvalue weighted by Gasteiger charge is -2.27. The average molecular weight is 418 g/mol. The molecule has 1 fully saturated rings. The molecule has 0 bridgehead atoms. The number of carbonyl (C=O) groups is 1. The number of nitrogens with zero attached hydrogens (tertiary/aromatic N) is 3. The van der Waals surface area contributed by atoms with E-state index < -0.39 is 0 Å². The van der Waals surface area contributed by atoms with Gasteiger partial charge in [-0.25, -0.2) is 4.98 Å². The van der Waals surface area contributed by atoms with Gasteiger partial charge in [0.15, 0.2) is 5.13 Å². The van der Waals surface area contributed by atoms with Gasteiger partial charge >= 0.3 is 0 Å². The number of carbonyl (C=O) groups excluding carboxylic acids is 1. The minimum absolute atomic E-state index is 0. The van der Waals surface area contributed by atoms with E-state index in [-0.39, 0.29) is 18.3 Å². The fourth-order valence-corrected chi connectivity index (χ4v) is 4.28. The largest absolute Gasteiger partial charge is 0.379 e. The molecule has 0 saturated carbocycles. The number of thiazole rings is 1. The van der Waals surface area contributed by atoms with Crippen molar-refractivity contribution in [1.29, 1.82) is 0 Å². The Hall–Kier alpha value is -0.920. The SMILES string of the molecule is CCCC(=O)N(CCCN1CCOCC1)c1nc2c(Cl)cccc2s1.Cl. The van der Waals surface area contributed by atoms with E-state index in [1.165, 1.54) is 11.3 Å². The van der Waals surface area contributed by atoms with Gasteiger partial charge in [-0.2, -0.15) is 0 Å². The molecule has 0 radical (unpaired) electrons. The van der Waals surface area contributed by atoms with Crippen LogP contribution in [0.3, 0.4) is 0 Å². The molecule has 2 heterocycles. The van der Waals surface area contributed by atoms with Crippen LogP contribution >= 0.6 is 35.3 Å². The summed E-state index contributed by atoms with van der Waals surface area (Å²) in [5.41, 5.74) is 0.784. The second-order valence-corrected chi connectivity index (χ2v) is 7.60. The second kappa shape index (κ2) is 10.4. The van der Waals surface area contributed by atoms with Crippen molar-refractivity contribution >= 4 is 56.6 Å². The molecule has 1 aromatic carbocycles. The Morgan fingerprint density at radius 1 is 1.38 bits per heavy atom. The first-order chi connectivity index (χ1) is 12.2. The van der Waals surface area contributed by atoms with Crippen LogP contribution in [0.2, 0.25) is 5.02 Å². The van der Waals surface area contributed by atoms with Crippen LogP contribution in [-0.4, -0.2) is 55.2 Å². The zero-order valence-corrected chi connectivity index (χ0v) is 17.3. The quantitative estimate of drug-likeness (QED) is 0.675. The van der Waals surface area contributed by atoms with Crippen molar-refractivity contribution in [1.82, 2.24) is 9.88 Å². The van der Waals surface area contributed by atoms with Crippen molar-refractivity contribution in [2.75, 3.05) is 44.3 Å². The lowest BCUT2D eigenvalue weighted by atomic mass is 10.2. The summed E-state index contributed by atoms with van der Waals surface area (Å²) in [6, 6.07) is 5.76. The number of morpholine rings is 1. The first-order valence-electron chi connectivity index (χ1n) is 8.84. The first-order valence-corrected chi connectivity index (χ1v) is 10.0. The van der Waals surface area contributed by atoms with Crippen molar-refractivity contribution < 1.29 is 9.53 Å². The van der Waals surface area contributed by atoms with Crippen LogP contribution in [-0.2, 0) is 9.53 Å². The standard InChI is InChI=1S/C18H24ClN3O2S.ClH/c1-2-5-16(23)22(9-4-8-21-10-12-24-13-11-21)18-20-17-14(19)6-3-7-15(17)25-18;/h3,6-7H,2,4-5,8-13H2,1H3;1H. The van der Waals surface area contributed by atoms with E-state index in [1.54, 1.807) is 0 Å². The van der Waals surface area contributed by atoms with Gasteiger partial charge in [-0.1, -0.05) is 35.9 Å². The van der Waals surface area contributed by atoms with E-state index in [2.05, 4.69) is 9.88 Å². The van der Waals surface area contributed by atoms with E-state index in [9.17, 15) is 4.79 Å². The normalized spacial score (nSPS) is 15.0. The molecule has 1 saturated heterocycles. The van der Waals surface area contributed by atoms with Crippen molar-refractivity contribution in [3.63, 3.8) is 0 Å². The number of benzene rings is 1. The van der Waals surface area contributed by atoms with E-state index in [0.717, 1.165) is 61.0 Å². The zero-order valence-electron chi connectivity index (χ0n) is 14.9. The van der Waals surface area contributed by atoms with Crippen LogP contribution in [0.15, 0.2) is 18.2 Å². The molecule has 1 aromatic heterocycles. The van der Waals surface area contributed by atoms with Gasteiger partial charge in [0.1, 0.15) is 5.52 Å². The van der Waals surface area contributed by atoms with Gasteiger partial charge in [0.25, 0.3) is 0 Å². The van der Waals surface area contributed by atoms with Gasteiger partial charge in [-0.3, -0.25) is 14.6 Å². The molecule has 2 aromatic rings. The Balaban J connectivity index is 0.00000243. The molecule has 0 aliphatic carbocycles. The van der Waals surface area contributed by atoms with Crippen LogP contribution in [0, 0.1) is 0 Å². The summed E-state index contributed by atoms with van der Waals surface area (Å²) in [7, 11) is 0. The predicted octanol–water partition coefficient (Wildman–Crippen LogP) is 4.23. The third-order valence-corrected chi connectivity index (χ3v) is 5.66. The highest BCUT2D eigenvalue weighted by Gasteiger charge is 2.20. The van der Waals surface area contributed by atoms with E-state index in [4.69, 9.17) is 16.3 Å². The molecule has 144 valence electrons. The molecule has 5 nitrogen and oxygen atoms in total. The number of aromatic nitrogens is 1. The van der Waals surface area contributed by atoms with Crippen molar-refractivity contribution in [3.8, 4) is 0 Å². The fraction of sp³-hybridized carbons (Fsp3) is 0.556. The minimum atomic E-state index is 0. The van der Waals surface area contributed by atoms with Gasteiger partial charge in [0.2, 0.25) is 5.91 Å². The first kappa shape index (κ1) is 21.4. The average Bonchev–Trinajstić information content (AvgIpc) is 3.05. The number of amides is 1. The van der Waals surface area contributed by atoms with E-state index in [0.29, 0.717) is 18.0 Å². The number of hydrogen-bond acceptors (Lipinski definition) is 5. The summed E-state index contributed by atoms with van der Waals surface area (Å²) in [4.78, 5) is 21.5. The highest BCUT2D eigenvalue weighted by molar-refractivity contribution is 7.22. The maximum atomic E-state index is 12.6. The molecular formula is C18H25Cl2N3O2S. The van der Waals surface area contributed by atoms with Crippen LogP contribution in [0.1, 0.15) is 26.2 Å². The summed E-state index contributed by atoms with van der Waals surface area (Å²) in [6.45, 7) is 7.24. The molecule has 0 spiro atoms. The Morgan fingerprint density at radius 3 is 2.85 bits per heavy atom. The smallest absolute Gasteiger partial charge is 0.228 e. The van der Waals surface area contributed by atoms with Crippen LogP contribution in [0.4, 0.5) is 5.13 Å². The van der Waals surface area contributed by atoms with Crippen molar-refractivity contribution in [2.45, 2.75) is 26.2 Å². The lowest BCUT2D eigenvalue weighted by molar-refractivity contribution is -0.118. The number of hydrogen-bond donors (Lipinski definition) is 0. The number of halogens is 2. The molecule has 8 heteroatoms. The molecule has 26 heavy (non-hydrogen) atoms. The molecular weight excluding hydrogens is 393 g/mol. The summed E-state index contributed by atoms with van der Waals surface area (Å²) >= 11 is 7.78. The highest BCUT2D eigenvalue weighted by Crippen LogP contribution is 2.33. The number of rotatable bonds is 7. The van der Waals surface area contributed by atoms with Gasteiger partial charge in [-0.15, -0.1) is 12.4 Å². The molecule has 0 atom stereocenters. The Kier molecular flexibility index (Phi) is 8.57. The van der Waals surface area contributed by atoms with Gasteiger partial charge in [0, 0.05) is 32.6 Å². The number of anilines is 1. The summed E-state index contributed by atoms with van der Waals surface area (Å²) in [5, 5.41) is 1.39. The van der Waals surface area contributed by atoms with Crippen molar-refractivity contribution in [2.24, 2.45) is 0 Å². The topological polar surface area (TPSA) is 45.7 Å². The maximum Gasteiger partial charge on any atom is 0.228 e. The molecule has 3 rings (SSSR count). The molecule has 1 amide bonds. The lowest BCUT2D eigenvalue weighted by Crippen LogP contribution is -2.39. The Bertz CT molecular complexity index is 720. The molecule has 0 N–H and O–H groups in total. The van der Waals surface area contributed by atoms with E-state index >= 15 is 0 Å². The number of para-hydroxylation sites is 1. The van der Waals surface area contributed by atoms with Gasteiger partial charge in [0.05, 0.1) is 22.9 Å². The van der Waals surface area contributed by atoms with Gasteiger partial charge < -0.3 is 4.74 Å². The summed E-state index contributed by atoms with van der Waals surface area (Å²) in [5.74, 6) is 0.139. The van der Waals surface area contributed by atoms with Crippen LogP contribution in [0.5, 0.6) is 0 Å². The maximum absolute atomic E-state index is 12.6. The Labute approximate surface area is 169 Å². The number of ether oxygens (including phenoxy) is 1. The highest BCUT2D eigenvalue weighted by atomic mass is 35.5. The van der Waals surface area contributed by atoms with Crippen LogP contribution < -0.4 is 4.90 Å². The zero-order chi connectivity index (χ0) is 17.6. The predicted molar refractivity (Wildman–Crippen MR) is 111 cm³/mol. The number of fused-ring (bicyclic) bond motifs is 1. The summed E-state index contributed by atoms with van der Waals surface area (Å²) < 4.78 is 6.40. The molecule has 1 aliphatic heterocycles. The van der Waals surface area contributed by atoms with Gasteiger partial charge in [-0.05, 0) is 25.0 Å². The van der Waals surface area contributed by atoms with E-state index in [1.807, 2.05) is 30.0 Å². The van der Waals surface area contributed by atoms with Crippen LogP contribution in [0.25, 0.3) is 10.2 Å². The third-order valence-electron chi connectivity index (χ3n) is 4.31. The summed E-state index contributed by atoms with van der Waals surface area (Å²) in [6.07, 6.45) is 2.31.